The number of hydrogen-bond donors (Lipinski definition) is 0. The first-order valence-corrected chi connectivity index (χ1v) is 4.90. The van der Waals surface area contributed by atoms with E-state index in [1.165, 1.54) is 0 Å². The molecule has 4 heteroatoms. The molecule has 2 nitrogen and oxygen atoms in total. The number of nitrogens with zero attached hydrogens (tertiary/aromatic N) is 2. The highest BCUT2D eigenvalue weighted by Gasteiger charge is 2.03. The summed E-state index contributed by atoms with van der Waals surface area (Å²) in [5.41, 5.74) is 0.965. The van der Waals surface area contributed by atoms with Gasteiger partial charge in [-0.05, 0) is 6.92 Å². The third-order valence-corrected chi connectivity index (χ3v) is 2.75. The summed E-state index contributed by atoms with van der Waals surface area (Å²) >= 11 is 7.25. The summed E-state index contributed by atoms with van der Waals surface area (Å²) in [5.74, 6) is 0.508. The van der Waals surface area contributed by atoms with Crippen LogP contribution in [-0.2, 0) is 5.88 Å². The van der Waals surface area contributed by atoms with E-state index in [1.807, 2.05) is 12.4 Å². The summed E-state index contributed by atoms with van der Waals surface area (Å²) in [6.45, 7) is 3.08. The van der Waals surface area contributed by atoms with Gasteiger partial charge in [0.05, 0.1) is 11.6 Å². The summed E-state index contributed by atoms with van der Waals surface area (Å²) in [6.07, 6.45) is 0. The van der Waals surface area contributed by atoms with Crippen molar-refractivity contribution >= 4 is 28.1 Å². The van der Waals surface area contributed by atoms with Crippen molar-refractivity contribution < 1.29 is 0 Å². The zero-order chi connectivity index (χ0) is 8.27. The van der Waals surface area contributed by atoms with Gasteiger partial charge in [0.2, 0.25) is 0 Å². The first-order chi connectivity index (χ1) is 5.27. The van der Waals surface area contributed by atoms with Crippen LogP contribution in [0.5, 0.6) is 0 Å². The normalized spacial score (nSPS) is 10.1. The molecule has 0 saturated heterocycles. The molecule has 0 amide bonds. The molecule has 11 heavy (non-hydrogen) atoms. The number of rotatable bonds is 3. The number of alkyl halides is 1. The van der Waals surface area contributed by atoms with Crippen LogP contribution in [0, 0.1) is 0 Å². The molecule has 0 aromatic carbocycles. The zero-order valence-corrected chi connectivity index (χ0v) is 8.24. The van der Waals surface area contributed by atoms with Gasteiger partial charge in [0.1, 0.15) is 0 Å². The monoisotopic (exact) mass is 190 g/mol. The molecule has 0 saturated carbocycles. The minimum Gasteiger partial charge on any atom is -0.351 e. The van der Waals surface area contributed by atoms with Crippen molar-refractivity contribution in [2.75, 3.05) is 18.5 Å². The third kappa shape index (κ3) is 2.07. The van der Waals surface area contributed by atoms with E-state index < -0.39 is 0 Å². The molecule has 1 rings (SSSR count). The summed E-state index contributed by atoms with van der Waals surface area (Å²) in [4.78, 5) is 6.41. The van der Waals surface area contributed by atoms with E-state index in [9.17, 15) is 0 Å². The van der Waals surface area contributed by atoms with Gasteiger partial charge in [-0.2, -0.15) is 0 Å². The fourth-order valence-corrected chi connectivity index (χ4v) is 1.75. The average molecular weight is 191 g/mol. The Hall–Kier alpha value is -0.280. The predicted octanol–water partition coefficient (Wildman–Crippen LogP) is 2.34. The molecule has 0 spiro atoms. The van der Waals surface area contributed by atoms with Crippen LogP contribution in [0.1, 0.15) is 12.6 Å². The lowest BCUT2D eigenvalue weighted by molar-refractivity contribution is 0.951. The zero-order valence-electron chi connectivity index (χ0n) is 6.67. The molecule has 0 atom stereocenters. The number of thiazole rings is 1. The summed E-state index contributed by atoms with van der Waals surface area (Å²) in [7, 11) is 2.02. The van der Waals surface area contributed by atoms with E-state index in [0.29, 0.717) is 5.88 Å². The molecule has 1 heterocycles. The number of halogens is 1. The standard InChI is InChI=1S/C7H11ClN2S/c1-3-10(2)7-9-6(4-8)5-11-7/h5H,3-4H2,1-2H3. The number of aromatic nitrogens is 1. The second-order valence-electron chi connectivity index (χ2n) is 2.27. The van der Waals surface area contributed by atoms with Gasteiger partial charge in [0, 0.05) is 19.0 Å². The molecule has 0 aliphatic rings. The molecule has 62 valence electrons. The van der Waals surface area contributed by atoms with Crippen LogP contribution in [0.4, 0.5) is 5.13 Å². The topological polar surface area (TPSA) is 16.1 Å². The van der Waals surface area contributed by atoms with Crippen molar-refractivity contribution in [2.45, 2.75) is 12.8 Å². The van der Waals surface area contributed by atoms with Crippen LogP contribution in [0.3, 0.4) is 0 Å². The Kier molecular flexibility index (Phi) is 3.15. The van der Waals surface area contributed by atoms with Crippen molar-refractivity contribution in [1.82, 2.24) is 4.98 Å². The van der Waals surface area contributed by atoms with Gasteiger partial charge < -0.3 is 4.90 Å². The van der Waals surface area contributed by atoms with Crippen molar-refractivity contribution in [3.63, 3.8) is 0 Å². The van der Waals surface area contributed by atoms with Gasteiger partial charge in [0.15, 0.2) is 5.13 Å². The second-order valence-corrected chi connectivity index (χ2v) is 3.37. The largest absolute Gasteiger partial charge is 0.351 e. The maximum absolute atomic E-state index is 5.61. The van der Waals surface area contributed by atoms with Crippen LogP contribution in [0.2, 0.25) is 0 Å². The van der Waals surface area contributed by atoms with Crippen LogP contribution in [-0.4, -0.2) is 18.6 Å². The summed E-state index contributed by atoms with van der Waals surface area (Å²) < 4.78 is 0. The number of hydrogen-bond acceptors (Lipinski definition) is 3. The van der Waals surface area contributed by atoms with Crippen molar-refractivity contribution in [1.29, 1.82) is 0 Å². The van der Waals surface area contributed by atoms with Crippen molar-refractivity contribution in [2.24, 2.45) is 0 Å². The highest BCUT2D eigenvalue weighted by Crippen LogP contribution is 2.19. The quantitative estimate of drug-likeness (QED) is 0.681. The molecule has 0 unspecified atom stereocenters. The Bertz CT molecular complexity index is 224. The minimum absolute atomic E-state index is 0.508. The lowest BCUT2D eigenvalue weighted by Crippen LogP contribution is -2.15. The van der Waals surface area contributed by atoms with Crippen molar-refractivity contribution in [3.05, 3.63) is 11.1 Å². The fraction of sp³-hybridized carbons (Fsp3) is 0.571. The molecule has 1 aromatic rings. The Morgan fingerprint density at radius 3 is 2.91 bits per heavy atom. The molecule has 0 fully saturated rings. The second kappa shape index (κ2) is 3.93. The predicted molar refractivity (Wildman–Crippen MR) is 50.6 cm³/mol. The van der Waals surface area contributed by atoms with Gasteiger partial charge in [-0.25, -0.2) is 4.98 Å². The third-order valence-electron chi connectivity index (χ3n) is 1.48. The van der Waals surface area contributed by atoms with Crippen LogP contribution in [0.15, 0.2) is 5.38 Å². The van der Waals surface area contributed by atoms with Crippen LogP contribution in [0.25, 0.3) is 0 Å². The van der Waals surface area contributed by atoms with Gasteiger partial charge >= 0.3 is 0 Å². The van der Waals surface area contributed by atoms with E-state index in [-0.39, 0.29) is 0 Å². The Morgan fingerprint density at radius 1 is 1.73 bits per heavy atom. The maximum Gasteiger partial charge on any atom is 0.185 e. The first kappa shape index (κ1) is 8.81. The van der Waals surface area contributed by atoms with E-state index >= 15 is 0 Å². The molecule has 1 aromatic heterocycles. The lowest BCUT2D eigenvalue weighted by atomic mass is 10.6. The molecule has 0 N–H and O–H groups in total. The van der Waals surface area contributed by atoms with Crippen LogP contribution >= 0.6 is 22.9 Å². The first-order valence-electron chi connectivity index (χ1n) is 3.49. The van der Waals surface area contributed by atoms with Gasteiger partial charge in [-0.1, -0.05) is 0 Å². The molecular weight excluding hydrogens is 180 g/mol. The average Bonchev–Trinajstić information content (AvgIpc) is 2.50. The van der Waals surface area contributed by atoms with Gasteiger partial charge in [0.25, 0.3) is 0 Å². The lowest BCUT2D eigenvalue weighted by Gasteiger charge is -2.10. The highest BCUT2D eigenvalue weighted by molar-refractivity contribution is 7.13. The van der Waals surface area contributed by atoms with Crippen LogP contribution < -0.4 is 4.90 Å². The SMILES string of the molecule is CCN(C)c1nc(CCl)cs1. The summed E-state index contributed by atoms with van der Waals surface area (Å²) in [5, 5.41) is 3.04. The van der Waals surface area contributed by atoms with E-state index in [1.54, 1.807) is 11.3 Å². The molecule has 0 aliphatic heterocycles. The Labute approximate surface area is 75.8 Å². The molecule has 0 bridgehead atoms. The Balaban J connectivity index is 2.71. The molecule has 0 radical (unpaired) electrons. The fourth-order valence-electron chi connectivity index (χ4n) is 0.668. The maximum atomic E-state index is 5.61. The Morgan fingerprint density at radius 2 is 2.45 bits per heavy atom. The van der Waals surface area contributed by atoms with E-state index in [4.69, 9.17) is 11.6 Å². The molecular formula is C7H11ClN2S. The van der Waals surface area contributed by atoms with Crippen molar-refractivity contribution in [3.8, 4) is 0 Å². The highest BCUT2D eigenvalue weighted by atomic mass is 35.5. The van der Waals surface area contributed by atoms with E-state index in [2.05, 4.69) is 16.8 Å². The smallest absolute Gasteiger partial charge is 0.185 e. The number of anilines is 1. The summed E-state index contributed by atoms with van der Waals surface area (Å²) in [6, 6.07) is 0. The molecule has 0 aliphatic carbocycles. The van der Waals surface area contributed by atoms with E-state index in [0.717, 1.165) is 17.4 Å². The van der Waals surface area contributed by atoms with Gasteiger partial charge in [-0.3, -0.25) is 0 Å². The minimum atomic E-state index is 0.508. The van der Waals surface area contributed by atoms with Gasteiger partial charge in [-0.15, -0.1) is 22.9 Å².